The second-order valence-corrected chi connectivity index (χ2v) is 13.3. The summed E-state index contributed by atoms with van der Waals surface area (Å²) >= 11 is -1.19. The molecule has 0 atom stereocenters. The van der Waals surface area contributed by atoms with Crippen molar-refractivity contribution in [3.8, 4) is 0 Å². The second-order valence-electron chi connectivity index (χ2n) is 2.74. The summed E-state index contributed by atoms with van der Waals surface area (Å²) in [7, 11) is 0. The molecule has 0 saturated carbocycles. The first kappa shape index (κ1) is 7.52. The summed E-state index contributed by atoms with van der Waals surface area (Å²) in [5, 5.41) is 9.51. The Kier molecular flexibility index (Phi) is 2.94. The molecule has 0 aromatic carbocycles. The Morgan fingerprint density at radius 2 is 1.71 bits per heavy atom. The molecule has 0 aromatic heterocycles. The molecule has 7 heavy (non-hydrogen) atoms. The molecule has 0 spiro atoms. The van der Waals surface area contributed by atoms with E-state index in [9.17, 15) is 0 Å². The summed E-state index contributed by atoms with van der Waals surface area (Å²) in [5.74, 6) is 0. The zero-order valence-electron chi connectivity index (χ0n) is 5.31. The third-order valence-corrected chi connectivity index (χ3v) is 4.01. The zero-order chi connectivity index (χ0) is 5.91. The summed E-state index contributed by atoms with van der Waals surface area (Å²) in [6, 6.07) is 0. The molecule has 1 radical (unpaired) electrons. The van der Waals surface area contributed by atoms with Crippen LogP contribution < -0.4 is 0 Å². The van der Waals surface area contributed by atoms with E-state index in [1.54, 1.807) is 0 Å². The first-order valence-corrected chi connectivity index (χ1v) is 9.43. The predicted octanol–water partition coefficient (Wildman–Crippen LogP) is 1.32. The fourth-order valence-electron chi connectivity index (χ4n) is 0.300. The zero-order valence-corrected chi connectivity index (χ0v) is 7.19. The van der Waals surface area contributed by atoms with Crippen molar-refractivity contribution in [2.45, 2.75) is 22.3 Å². The van der Waals surface area contributed by atoms with E-state index in [4.69, 9.17) is 5.11 Å². The van der Waals surface area contributed by atoms with Gasteiger partial charge in [0.15, 0.2) is 0 Å². The first-order chi connectivity index (χ1) is 3.06. The van der Waals surface area contributed by atoms with Crippen LogP contribution in [-0.4, -0.2) is 25.3 Å². The molecule has 1 N–H and O–H groups in total. The van der Waals surface area contributed by atoms with E-state index in [-0.39, 0.29) is 0 Å². The summed E-state index contributed by atoms with van der Waals surface area (Å²) in [4.78, 5) is 0. The Morgan fingerprint density at radius 1 is 1.29 bits per heavy atom. The maximum atomic E-state index is 8.44. The Labute approximate surface area is 48.2 Å². The van der Waals surface area contributed by atoms with Gasteiger partial charge in [0.05, 0.1) is 0 Å². The molecule has 1 nitrogen and oxygen atoms in total. The number of aliphatic hydroxyl groups is 1. The van der Waals surface area contributed by atoms with Crippen LogP contribution in [0.1, 0.15) is 0 Å². The van der Waals surface area contributed by atoms with Gasteiger partial charge in [0.2, 0.25) is 0 Å². The normalized spacial score (nSPS) is 12.0. The Morgan fingerprint density at radius 3 is 1.71 bits per heavy atom. The van der Waals surface area contributed by atoms with Crippen molar-refractivity contribution in [3.05, 3.63) is 0 Å². The fraction of sp³-hybridized carbons (Fsp3) is 1.00. The molecule has 0 saturated heterocycles. The SMILES string of the molecule is C[As](C)(C)CCO. The minimum absolute atomic E-state index is 0.385. The number of hydrogen-bond acceptors (Lipinski definition) is 1. The third-order valence-electron chi connectivity index (χ3n) is 0.771. The van der Waals surface area contributed by atoms with E-state index in [2.05, 4.69) is 17.1 Å². The molecule has 0 aliphatic carbocycles. The molecular weight excluding hydrogens is 151 g/mol. The van der Waals surface area contributed by atoms with Crippen molar-refractivity contribution in [1.82, 2.24) is 0 Å². The average molecular weight is 165 g/mol. The van der Waals surface area contributed by atoms with Crippen LogP contribution in [0, 0.1) is 0 Å². The van der Waals surface area contributed by atoms with Gasteiger partial charge in [-0.2, -0.15) is 0 Å². The Balaban J connectivity index is 3.15. The van der Waals surface area contributed by atoms with Crippen LogP contribution in [0.4, 0.5) is 0 Å². The van der Waals surface area contributed by atoms with Gasteiger partial charge in [-0.15, -0.1) is 0 Å². The van der Waals surface area contributed by atoms with Crippen molar-refractivity contribution in [3.63, 3.8) is 0 Å². The quantitative estimate of drug-likeness (QED) is 0.611. The Hall–Kier alpha value is 0.518. The van der Waals surface area contributed by atoms with Gasteiger partial charge in [-0.05, 0) is 0 Å². The summed E-state index contributed by atoms with van der Waals surface area (Å²) in [6.07, 6.45) is 0. The molecule has 0 aliphatic heterocycles. The van der Waals surface area contributed by atoms with E-state index in [0.717, 1.165) is 5.21 Å². The number of aliphatic hydroxyl groups excluding tert-OH is 1. The molecule has 0 heterocycles. The fourth-order valence-corrected chi connectivity index (χ4v) is 1.56. The van der Waals surface area contributed by atoms with Crippen LogP contribution in [-0.2, 0) is 0 Å². The summed E-state index contributed by atoms with van der Waals surface area (Å²) in [6.45, 7) is 0.385. The molecule has 0 fully saturated rings. The van der Waals surface area contributed by atoms with Crippen molar-refractivity contribution in [1.29, 1.82) is 0 Å². The van der Waals surface area contributed by atoms with Crippen molar-refractivity contribution < 1.29 is 5.11 Å². The van der Waals surface area contributed by atoms with Gasteiger partial charge < -0.3 is 0 Å². The molecule has 2 heteroatoms. The molecule has 0 aliphatic rings. The topological polar surface area (TPSA) is 20.2 Å². The van der Waals surface area contributed by atoms with E-state index >= 15 is 0 Å². The predicted molar refractivity (Wildman–Crippen MR) is 35.2 cm³/mol. The summed E-state index contributed by atoms with van der Waals surface area (Å²) in [5.41, 5.74) is 6.86. The molecular formula is C5H14AsO. The monoisotopic (exact) mass is 165 g/mol. The summed E-state index contributed by atoms with van der Waals surface area (Å²) < 4.78 is 0. The van der Waals surface area contributed by atoms with E-state index < -0.39 is 13.6 Å². The van der Waals surface area contributed by atoms with Gasteiger partial charge in [0, 0.05) is 0 Å². The van der Waals surface area contributed by atoms with Gasteiger partial charge in [-0.1, -0.05) is 0 Å². The molecule has 0 amide bonds. The molecule has 45 valence electrons. The van der Waals surface area contributed by atoms with Gasteiger partial charge in [0.25, 0.3) is 0 Å². The first-order valence-electron chi connectivity index (χ1n) is 2.47. The molecule has 0 aromatic rings. The van der Waals surface area contributed by atoms with E-state index in [1.807, 2.05) is 0 Å². The van der Waals surface area contributed by atoms with Gasteiger partial charge >= 0.3 is 47.6 Å². The van der Waals surface area contributed by atoms with E-state index in [1.165, 1.54) is 0 Å². The van der Waals surface area contributed by atoms with Gasteiger partial charge in [0.1, 0.15) is 0 Å². The van der Waals surface area contributed by atoms with Crippen LogP contribution in [0.15, 0.2) is 0 Å². The van der Waals surface area contributed by atoms with Crippen LogP contribution in [0.25, 0.3) is 0 Å². The van der Waals surface area contributed by atoms with Crippen LogP contribution in [0.3, 0.4) is 0 Å². The maximum absolute atomic E-state index is 8.44. The average Bonchev–Trinajstić information content (AvgIpc) is 1.30. The molecule has 0 rings (SSSR count). The number of hydrogen-bond donors (Lipinski definition) is 1. The van der Waals surface area contributed by atoms with Crippen molar-refractivity contribution in [2.24, 2.45) is 0 Å². The van der Waals surface area contributed by atoms with E-state index in [0.29, 0.717) is 6.61 Å². The standard InChI is InChI=1S/C5H14AsO/c1-6(2,3)4-5-7/h7H,4-5H2,1-3H3. The van der Waals surface area contributed by atoms with Crippen LogP contribution in [0.2, 0.25) is 22.3 Å². The van der Waals surface area contributed by atoms with Crippen LogP contribution in [0.5, 0.6) is 0 Å². The second kappa shape index (κ2) is 2.74. The number of rotatable bonds is 2. The minimum atomic E-state index is -1.19. The van der Waals surface area contributed by atoms with Crippen molar-refractivity contribution in [2.75, 3.05) is 6.61 Å². The molecule has 0 bridgehead atoms. The van der Waals surface area contributed by atoms with Gasteiger partial charge in [-0.25, -0.2) is 0 Å². The molecule has 0 unspecified atom stereocenters. The Bertz CT molecular complexity index is 46.5. The third kappa shape index (κ3) is 6.52. The van der Waals surface area contributed by atoms with Crippen LogP contribution >= 0.6 is 0 Å². The van der Waals surface area contributed by atoms with Crippen molar-refractivity contribution >= 4 is 13.6 Å². The van der Waals surface area contributed by atoms with Gasteiger partial charge in [-0.3, -0.25) is 0 Å².